The van der Waals surface area contributed by atoms with E-state index >= 15 is 0 Å². The first-order chi connectivity index (χ1) is 12.0. The van der Waals surface area contributed by atoms with E-state index in [1.165, 1.54) is 16.0 Å². The Morgan fingerprint density at radius 1 is 1.24 bits per heavy atom. The number of ether oxygens (including phenoxy) is 1. The highest BCUT2D eigenvalue weighted by molar-refractivity contribution is 7.16. The summed E-state index contributed by atoms with van der Waals surface area (Å²) in [6.07, 6.45) is 2.32. The van der Waals surface area contributed by atoms with Crippen LogP contribution in [0.2, 0.25) is 0 Å². The Kier molecular flexibility index (Phi) is 5.45. The molecule has 0 atom stereocenters. The lowest BCUT2D eigenvalue weighted by Crippen LogP contribution is -2.45. The van der Waals surface area contributed by atoms with Crippen LogP contribution in [0.15, 0.2) is 24.3 Å². The number of nitrogens with zero attached hydrogens (tertiary/aromatic N) is 2. The number of hydrogen-bond acceptors (Lipinski definition) is 4. The number of unbranched alkanes of at least 4 members (excludes halogenated alkanes) is 1. The van der Waals surface area contributed by atoms with Gasteiger partial charge in [-0.05, 0) is 50.1 Å². The van der Waals surface area contributed by atoms with Crippen molar-refractivity contribution in [2.45, 2.75) is 40.2 Å². The molecule has 134 valence electrons. The van der Waals surface area contributed by atoms with E-state index in [1.807, 2.05) is 29.2 Å². The third-order valence-corrected chi connectivity index (χ3v) is 6.14. The van der Waals surface area contributed by atoms with E-state index in [0.29, 0.717) is 12.2 Å². The van der Waals surface area contributed by atoms with Gasteiger partial charge in [-0.25, -0.2) is 0 Å². The van der Waals surface area contributed by atoms with Crippen molar-refractivity contribution in [3.05, 3.63) is 45.8 Å². The molecule has 1 aromatic carbocycles. The predicted molar refractivity (Wildman–Crippen MR) is 104 cm³/mol. The van der Waals surface area contributed by atoms with Crippen molar-refractivity contribution in [3.8, 4) is 5.75 Å². The monoisotopic (exact) mass is 358 g/mol. The molecule has 0 spiro atoms. The van der Waals surface area contributed by atoms with Crippen molar-refractivity contribution >= 4 is 22.2 Å². The number of hydrogen-bond donors (Lipinski definition) is 0. The summed E-state index contributed by atoms with van der Waals surface area (Å²) in [7, 11) is 1.64. The van der Waals surface area contributed by atoms with Crippen LogP contribution in [0.5, 0.6) is 5.75 Å². The fourth-order valence-corrected chi connectivity index (χ4v) is 4.33. The Labute approximate surface area is 154 Å². The Balaban J connectivity index is 1.92. The summed E-state index contributed by atoms with van der Waals surface area (Å²) in [4.78, 5) is 18.8. The molecule has 0 radical (unpaired) electrons. The van der Waals surface area contributed by atoms with Gasteiger partial charge in [0, 0.05) is 29.1 Å². The van der Waals surface area contributed by atoms with Crippen LogP contribution in [-0.2, 0) is 6.54 Å². The molecule has 1 aliphatic rings. The van der Waals surface area contributed by atoms with E-state index in [-0.39, 0.29) is 5.91 Å². The second kappa shape index (κ2) is 7.58. The van der Waals surface area contributed by atoms with Gasteiger partial charge < -0.3 is 4.74 Å². The van der Waals surface area contributed by atoms with E-state index < -0.39 is 0 Å². The lowest BCUT2D eigenvalue weighted by atomic mass is 10.1. The number of benzene rings is 1. The number of thiophene rings is 1. The quantitative estimate of drug-likeness (QED) is 0.783. The van der Waals surface area contributed by atoms with Crippen molar-refractivity contribution < 1.29 is 9.53 Å². The number of aryl methyl sites for hydroxylation is 1. The smallest absolute Gasteiger partial charge is 0.260 e. The Morgan fingerprint density at radius 3 is 2.60 bits per heavy atom. The average molecular weight is 359 g/mol. The van der Waals surface area contributed by atoms with Crippen LogP contribution in [0.25, 0.3) is 0 Å². The first-order valence-electron chi connectivity index (χ1n) is 8.82. The average Bonchev–Trinajstić information content (AvgIpc) is 2.93. The van der Waals surface area contributed by atoms with Crippen molar-refractivity contribution in [1.82, 2.24) is 4.90 Å². The molecule has 3 rings (SSSR count). The maximum atomic E-state index is 13.2. The van der Waals surface area contributed by atoms with Crippen molar-refractivity contribution in [2.75, 3.05) is 25.2 Å². The van der Waals surface area contributed by atoms with Crippen LogP contribution in [0.3, 0.4) is 0 Å². The number of carbonyl (C=O) groups is 1. The van der Waals surface area contributed by atoms with Gasteiger partial charge in [0.2, 0.25) is 0 Å². The van der Waals surface area contributed by atoms with Gasteiger partial charge in [0.05, 0.1) is 13.8 Å². The minimum atomic E-state index is 0.0614. The molecule has 4 nitrogen and oxygen atoms in total. The maximum Gasteiger partial charge on any atom is 0.260 e. The minimum absolute atomic E-state index is 0.0614. The SMILES string of the molecule is CCCCN1Cc2c(sc(C)c2C)N(C(=O)c2ccc(OC)cc2)C1. The number of fused-ring (bicyclic) bond motifs is 1. The maximum absolute atomic E-state index is 13.2. The van der Waals surface area contributed by atoms with Crippen LogP contribution in [0.4, 0.5) is 5.00 Å². The highest BCUT2D eigenvalue weighted by Gasteiger charge is 2.31. The zero-order valence-electron chi connectivity index (χ0n) is 15.5. The van der Waals surface area contributed by atoms with E-state index in [4.69, 9.17) is 4.74 Å². The van der Waals surface area contributed by atoms with Crippen LogP contribution in [-0.4, -0.2) is 31.1 Å². The van der Waals surface area contributed by atoms with Gasteiger partial charge >= 0.3 is 0 Å². The summed E-state index contributed by atoms with van der Waals surface area (Å²) in [6.45, 7) is 9.15. The lowest BCUT2D eigenvalue weighted by molar-refractivity contribution is 0.0959. The third-order valence-electron chi connectivity index (χ3n) is 4.87. The Hall–Kier alpha value is -1.85. The molecule has 0 unspecified atom stereocenters. The minimum Gasteiger partial charge on any atom is -0.497 e. The molecular weight excluding hydrogens is 332 g/mol. The number of amides is 1. The summed E-state index contributed by atoms with van der Waals surface area (Å²) in [5, 5.41) is 1.11. The van der Waals surface area contributed by atoms with Crippen molar-refractivity contribution in [3.63, 3.8) is 0 Å². The lowest BCUT2D eigenvalue weighted by Gasteiger charge is -2.35. The topological polar surface area (TPSA) is 32.8 Å². The molecule has 0 N–H and O–H groups in total. The number of anilines is 1. The van der Waals surface area contributed by atoms with Crippen molar-refractivity contribution in [2.24, 2.45) is 0 Å². The molecule has 5 heteroatoms. The standard InChI is InChI=1S/C20H26N2O2S/c1-5-6-11-21-12-18-14(2)15(3)25-20(18)22(13-21)19(23)16-7-9-17(24-4)10-8-16/h7-10H,5-6,11-13H2,1-4H3. The molecule has 0 saturated heterocycles. The summed E-state index contributed by atoms with van der Waals surface area (Å²) in [5.74, 6) is 0.828. The van der Waals surface area contributed by atoms with Crippen LogP contribution in [0.1, 0.15) is 46.1 Å². The molecule has 2 heterocycles. The van der Waals surface area contributed by atoms with Gasteiger partial charge in [0.25, 0.3) is 5.91 Å². The number of rotatable bonds is 5. The summed E-state index contributed by atoms with van der Waals surface area (Å²) in [6, 6.07) is 7.38. The molecule has 1 aliphatic heterocycles. The number of carbonyl (C=O) groups excluding carboxylic acids is 1. The van der Waals surface area contributed by atoms with E-state index in [9.17, 15) is 4.79 Å². The fourth-order valence-electron chi connectivity index (χ4n) is 3.18. The Bertz CT molecular complexity index is 752. The summed E-state index contributed by atoms with van der Waals surface area (Å²) < 4.78 is 5.20. The van der Waals surface area contributed by atoms with Crippen molar-refractivity contribution in [1.29, 1.82) is 0 Å². The summed E-state index contributed by atoms with van der Waals surface area (Å²) >= 11 is 1.74. The van der Waals surface area contributed by atoms with Gasteiger partial charge in [-0.1, -0.05) is 13.3 Å². The summed E-state index contributed by atoms with van der Waals surface area (Å²) in [5.41, 5.74) is 3.34. The van der Waals surface area contributed by atoms with E-state index in [1.54, 1.807) is 18.4 Å². The van der Waals surface area contributed by atoms with Gasteiger partial charge in [0.1, 0.15) is 10.8 Å². The van der Waals surface area contributed by atoms with Gasteiger partial charge in [-0.15, -0.1) is 11.3 Å². The molecule has 1 amide bonds. The van der Waals surface area contributed by atoms with Crippen LogP contribution < -0.4 is 9.64 Å². The molecular formula is C20H26N2O2S. The molecule has 0 bridgehead atoms. The zero-order valence-corrected chi connectivity index (χ0v) is 16.3. The third kappa shape index (κ3) is 3.58. The normalized spacial score (nSPS) is 14.5. The molecule has 1 aromatic heterocycles. The van der Waals surface area contributed by atoms with Crippen LogP contribution >= 0.6 is 11.3 Å². The van der Waals surface area contributed by atoms with Gasteiger partial charge in [-0.3, -0.25) is 14.6 Å². The first-order valence-corrected chi connectivity index (χ1v) is 9.64. The van der Waals surface area contributed by atoms with Crippen LogP contribution in [0, 0.1) is 13.8 Å². The largest absolute Gasteiger partial charge is 0.497 e. The molecule has 0 fully saturated rings. The first kappa shape index (κ1) is 18.0. The number of methoxy groups -OCH3 is 1. The van der Waals surface area contributed by atoms with E-state index in [0.717, 1.165) is 36.7 Å². The van der Waals surface area contributed by atoms with Gasteiger partial charge in [-0.2, -0.15) is 0 Å². The highest BCUT2D eigenvalue weighted by atomic mass is 32.1. The Morgan fingerprint density at radius 2 is 1.96 bits per heavy atom. The second-order valence-corrected chi connectivity index (χ2v) is 7.78. The second-order valence-electron chi connectivity index (χ2n) is 6.58. The van der Waals surface area contributed by atoms with Gasteiger partial charge in [0.15, 0.2) is 0 Å². The highest BCUT2D eigenvalue weighted by Crippen LogP contribution is 2.39. The fraction of sp³-hybridized carbons (Fsp3) is 0.450. The predicted octanol–water partition coefficient (Wildman–Crippen LogP) is 4.59. The molecule has 25 heavy (non-hydrogen) atoms. The molecule has 0 aliphatic carbocycles. The molecule has 2 aromatic rings. The van der Waals surface area contributed by atoms with E-state index in [2.05, 4.69) is 25.7 Å². The zero-order chi connectivity index (χ0) is 18.0. The molecule has 0 saturated carbocycles.